The molecule has 0 unspecified atom stereocenters. The van der Waals surface area contributed by atoms with Crippen molar-refractivity contribution >= 4 is 17.5 Å². The van der Waals surface area contributed by atoms with Crippen molar-refractivity contribution in [3.63, 3.8) is 0 Å². The van der Waals surface area contributed by atoms with Crippen LogP contribution in [0.15, 0.2) is 41.0 Å². The van der Waals surface area contributed by atoms with Gasteiger partial charge in [0.05, 0.1) is 12.8 Å². The molecule has 6 heteroatoms. The quantitative estimate of drug-likeness (QED) is 0.801. The number of para-hydroxylation sites is 1. The molecule has 1 heterocycles. The maximum atomic E-state index is 12.2. The van der Waals surface area contributed by atoms with Crippen LogP contribution >= 0.6 is 0 Å². The number of likely N-dealkylation sites (N-methyl/N-ethyl adjacent to an activating group) is 1. The lowest BCUT2D eigenvalue weighted by Gasteiger charge is -2.18. The molecule has 2 rings (SSSR count). The number of rotatable bonds is 7. The minimum Gasteiger partial charge on any atom is -0.463 e. The molecule has 0 saturated carbocycles. The third-order valence-corrected chi connectivity index (χ3v) is 4.19. The second kappa shape index (κ2) is 8.48. The molecule has 0 fully saturated rings. The number of nitrogens with one attached hydrogen (secondary N) is 1. The summed E-state index contributed by atoms with van der Waals surface area (Å²) in [6.45, 7) is 6.15. The smallest absolute Gasteiger partial charge is 0.277 e. The summed E-state index contributed by atoms with van der Waals surface area (Å²) in [5, 5.41) is 4.78. The highest BCUT2D eigenvalue weighted by Gasteiger charge is 2.18. The lowest BCUT2D eigenvalue weighted by molar-refractivity contribution is -0.684. The fraction of sp³-hybridized carbons (Fsp3) is 0.368. The van der Waals surface area contributed by atoms with Crippen molar-refractivity contribution in [2.24, 2.45) is 0 Å². The third-order valence-electron chi connectivity index (χ3n) is 4.19. The maximum Gasteiger partial charge on any atom is 0.277 e. The molecule has 3 N–H and O–H groups in total. The van der Waals surface area contributed by atoms with Crippen LogP contribution in [0.2, 0.25) is 0 Å². The molecule has 1 aromatic carbocycles. The Morgan fingerprint density at radius 3 is 2.48 bits per heavy atom. The number of quaternary nitrogens is 1. The molecule has 0 spiro atoms. The van der Waals surface area contributed by atoms with E-state index in [1.165, 1.54) is 4.90 Å². The lowest BCUT2D eigenvalue weighted by Crippen LogP contribution is -2.87. The molecule has 25 heavy (non-hydrogen) atoms. The Kier molecular flexibility index (Phi) is 6.36. The van der Waals surface area contributed by atoms with Crippen molar-refractivity contribution in [1.29, 1.82) is 0 Å². The molecule has 0 aliphatic carbocycles. The fourth-order valence-electron chi connectivity index (χ4n) is 2.59. The van der Waals surface area contributed by atoms with Crippen molar-refractivity contribution in [2.75, 3.05) is 25.5 Å². The van der Waals surface area contributed by atoms with E-state index < -0.39 is 0 Å². The zero-order valence-corrected chi connectivity index (χ0v) is 15.2. The highest BCUT2D eigenvalue weighted by atomic mass is 16.3. The van der Waals surface area contributed by atoms with E-state index in [0.717, 1.165) is 22.6 Å². The predicted octanol–water partition coefficient (Wildman–Crippen LogP) is 1.62. The van der Waals surface area contributed by atoms with E-state index in [4.69, 9.17) is 4.42 Å². The van der Waals surface area contributed by atoms with E-state index in [0.29, 0.717) is 0 Å². The SMILES string of the molecule is Cc1cccc(C)c1NC(=O)CN(C)C(=O)C[NH2+][C@H](C)c1ccco1. The van der Waals surface area contributed by atoms with E-state index in [-0.39, 0.29) is 30.9 Å². The number of hydrogen-bond acceptors (Lipinski definition) is 3. The average Bonchev–Trinajstić information content (AvgIpc) is 3.10. The second-order valence-corrected chi connectivity index (χ2v) is 6.31. The van der Waals surface area contributed by atoms with Gasteiger partial charge in [-0.05, 0) is 44.0 Å². The summed E-state index contributed by atoms with van der Waals surface area (Å²) in [5.41, 5.74) is 2.82. The number of benzene rings is 1. The van der Waals surface area contributed by atoms with Crippen LogP contribution in [0.4, 0.5) is 5.69 Å². The topological polar surface area (TPSA) is 79.2 Å². The van der Waals surface area contributed by atoms with Crippen molar-refractivity contribution in [3.05, 3.63) is 53.5 Å². The summed E-state index contributed by atoms with van der Waals surface area (Å²) >= 11 is 0. The first-order valence-corrected chi connectivity index (χ1v) is 8.35. The summed E-state index contributed by atoms with van der Waals surface area (Å²) in [5.74, 6) is 0.519. The van der Waals surface area contributed by atoms with Crippen LogP contribution in [-0.2, 0) is 9.59 Å². The van der Waals surface area contributed by atoms with Crippen LogP contribution in [0.5, 0.6) is 0 Å². The number of carbonyl (C=O) groups is 2. The first kappa shape index (κ1) is 18.7. The van der Waals surface area contributed by atoms with Gasteiger partial charge in [-0.2, -0.15) is 0 Å². The molecule has 2 aromatic rings. The third kappa shape index (κ3) is 5.19. The number of hydrogen-bond donors (Lipinski definition) is 2. The van der Waals surface area contributed by atoms with E-state index in [9.17, 15) is 9.59 Å². The van der Waals surface area contributed by atoms with Gasteiger partial charge in [0.1, 0.15) is 6.04 Å². The van der Waals surface area contributed by atoms with Crippen LogP contribution in [0, 0.1) is 13.8 Å². The summed E-state index contributed by atoms with van der Waals surface area (Å²) in [6.07, 6.45) is 1.62. The van der Waals surface area contributed by atoms with Gasteiger partial charge >= 0.3 is 0 Å². The monoisotopic (exact) mass is 344 g/mol. The first-order chi connectivity index (χ1) is 11.9. The molecule has 1 atom stereocenters. The molecule has 1 aromatic heterocycles. The standard InChI is InChI=1S/C19H25N3O3/c1-13-7-5-8-14(2)19(13)21-17(23)12-22(4)18(24)11-20-15(3)16-9-6-10-25-16/h5-10,15,20H,11-12H2,1-4H3,(H,21,23)/p+1/t15-/m1/s1. The number of nitrogens with zero attached hydrogens (tertiary/aromatic N) is 1. The first-order valence-electron chi connectivity index (χ1n) is 8.35. The van der Waals surface area contributed by atoms with Crippen LogP contribution in [-0.4, -0.2) is 36.9 Å². The van der Waals surface area contributed by atoms with Crippen molar-refractivity contribution in [1.82, 2.24) is 4.90 Å². The van der Waals surface area contributed by atoms with Crippen molar-refractivity contribution in [3.8, 4) is 0 Å². The lowest BCUT2D eigenvalue weighted by atomic mass is 10.1. The van der Waals surface area contributed by atoms with Crippen LogP contribution < -0.4 is 10.6 Å². The number of furan rings is 1. The highest BCUT2D eigenvalue weighted by molar-refractivity contribution is 5.95. The van der Waals surface area contributed by atoms with Gasteiger partial charge in [0.15, 0.2) is 12.3 Å². The molecule has 0 bridgehead atoms. The fourth-order valence-corrected chi connectivity index (χ4v) is 2.59. The molecule has 6 nitrogen and oxygen atoms in total. The Morgan fingerprint density at radius 1 is 1.20 bits per heavy atom. The van der Waals surface area contributed by atoms with Gasteiger partial charge in [0.25, 0.3) is 5.91 Å². The van der Waals surface area contributed by atoms with E-state index in [1.807, 2.05) is 56.4 Å². The molecule has 2 amide bonds. The zero-order chi connectivity index (χ0) is 18.4. The van der Waals surface area contributed by atoms with E-state index >= 15 is 0 Å². The predicted molar refractivity (Wildman–Crippen MR) is 96.1 cm³/mol. The van der Waals surface area contributed by atoms with Gasteiger partial charge in [0.2, 0.25) is 5.91 Å². The van der Waals surface area contributed by atoms with Gasteiger partial charge in [-0.15, -0.1) is 0 Å². The van der Waals surface area contributed by atoms with Crippen molar-refractivity contribution < 1.29 is 19.3 Å². The maximum absolute atomic E-state index is 12.2. The average molecular weight is 344 g/mol. The van der Waals surface area contributed by atoms with Crippen molar-refractivity contribution in [2.45, 2.75) is 26.8 Å². The van der Waals surface area contributed by atoms with Gasteiger partial charge in [-0.25, -0.2) is 0 Å². The number of amides is 2. The number of anilines is 1. The Hall–Kier alpha value is -2.60. The molecular formula is C19H26N3O3+. The number of nitrogens with two attached hydrogens (primary N) is 1. The second-order valence-electron chi connectivity index (χ2n) is 6.31. The Morgan fingerprint density at radius 2 is 1.88 bits per heavy atom. The molecule has 0 radical (unpaired) electrons. The number of carbonyl (C=O) groups excluding carboxylic acids is 2. The normalized spacial score (nSPS) is 11.8. The molecule has 0 aliphatic heterocycles. The Balaban J connectivity index is 1.83. The van der Waals surface area contributed by atoms with E-state index in [2.05, 4.69) is 5.32 Å². The van der Waals surface area contributed by atoms with E-state index in [1.54, 1.807) is 13.3 Å². The van der Waals surface area contributed by atoms with Gasteiger partial charge in [-0.3, -0.25) is 9.59 Å². The molecular weight excluding hydrogens is 318 g/mol. The Bertz CT molecular complexity index is 705. The van der Waals surface area contributed by atoms with Gasteiger partial charge in [0, 0.05) is 12.7 Å². The number of aryl methyl sites for hydroxylation is 2. The molecule has 134 valence electrons. The van der Waals surface area contributed by atoms with Gasteiger partial charge in [-0.1, -0.05) is 18.2 Å². The highest BCUT2D eigenvalue weighted by Crippen LogP contribution is 2.19. The van der Waals surface area contributed by atoms with Gasteiger partial charge < -0.3 is 20.0 Å². The summed E-state index contributed by atoms with van der Waals surface area (Å²) in [6, 6.07) is 9.60. The summed E-state index contributed by atoms with van der Waals surface area (Å²) in [4.78, 5) is 25.9. The largest absolute Gasteiger partial charge is 0.463 e. The minimum atomic E-state index is -0.202. The zero-order valence-electron chi connectivity index (χ0n) is 15.2. The summed E-state index contributed by atoms with van der Waals surface area (Å²) in [7, 11) is 1.64. The molecule has 0 saturated heterocycles. The summed E-state index contributed by atoms with van der Waals surface area (Å²) < 4.78 is 5.32. The van der Waals surface area contributed by atoms with Crippen LogP contribution in [0.25, 0.3) is 0 Å². The molecule has 0 aliphatic rings. The van der Waals surface area contributed by atoms with Crippen LogP contribution in [0.3, 0.4) is 0 Å². The minimum absolute atomic E-state index is 0.0234. The van der Waals surface area contributed by atoms with Crippen LogP contribution in [0.1, 0.15) is 29.9 Å². The Labute approximate surface area is 148 Å².